The van der Waals surface area contributed by atoms with Crippen LogP contribution >= 0.6 is 0 Å². The average Bonchev–Trinajstić information content (AvgIpc) is 3.22. The van der Waals surface area contributed by atoms with Gasteiger partial charge in [-0.05, 0) is 53.4 Å². The Morgan fingerprint density at radius 3 is 2.23 bits per heavy atom. The van der Waals surface area contributed by atoms with Crippen LogP contribution in [0, 0.1) is 0 Å². The normalized spacial score (nSPS) is 11.8. The van der Waals surface area contributed by atoms with E-state index in [9.17, 15) is 4.79 Å². The fourth-order valence-electron chi connectivity index (χ4n) is 3.78. The van der Waals surface area contributed by atoms with Gasteiger partial charge in [-0.15, -0.1) is 0 Å². The number of H-pyrrole nitrogens is 1. The molecule has 0 aliphatic carbocycles. The molecule has 3 aromatic carbocycles. The lowest BCUT2D eigenvalue weighted by Gasteiger charge is -2.20. The molecule has 5 heteroatoms. The van der Waals surface area contributed by atoms with Gasteiger partial charge in [0.2, 0.25) is 5.91 Å². The molecule has 4 aromatic rings. The molecule has 0 spiro atoms. The molecule has 1 amide bonds. The van der Waals surface area contributed by atoms with E-state index >= 15 is 0 Å². The number of ether oxygens (including phenoxy) is 2. The Balaban J connectivity index is 1.54. The van der Waals surface area contributed by atoms with Crippen molar-refractivity contribution in [2.24, 2.45) is 0 Å². The molecule has 0 aliphatic heterocycles. The minimum absolute atomic E-state index is 0.0147. The third-order valence-corrected chi connectivity index (χ3v) is 5.48. The molecular formula is C26H26N2O3. The molecule has 1 aromatic heterocycles. The summed E-state index contributed by atoms with van der Waals surface area (Å²) >= 11 is 0. The number of rotatable bonds is 8. The highest BCUT2D eigenvalue weighted by Gasteiger charge is 2.17. The Kier molecular flexibility index (Phi) is 6.22. The lowest BCUT2D eigenvalue weighted by molar-refractivity contribution is -0.121. The predicted octanol–water partition coefficient (Wildman–Crippen LogP) is 4.83. The molecule has 158 valence electrons. The van der Waals surface area contributed by atoms with Crippen LogP contribution in [-0.2, 0) is 17.6 Å². The molecular weight excluding hydrogens is 388 g/mol. The summed E-state index contributed by atoms with van der Waals surface area (Å²) in [6, 6.07) is 23.6. The predicted molar refractivity (Wildman–Crippen MR) is 123 cm³/mol. The number of aromatic nitrogens is 1. The highest BCUT2D eigenvalue weighted by molar-refractivity contribution is 5.89. The standard InChI is InChI=1S/C26H26N2O3/c1-30-21-11-7-18(8-12-21)15-25(19-9-13-22(31-2)14-10-19)28-26(29)16-20-17-27-24-6-4-3-5-23(20)24/h3-14,17,25,27H,15-16H2,1-2H3,(H,28,29). The number of benzene rings is 3. The van der Waals surface area contributed by atoms with E-state index < -0.39 is 0 Å². The van der Waals surface area contributed by atoms with Crippen molar-refractivity contribution >= 4 is 16.8 Å². The molecule has 5 nitrogen and oxygen atoms in total. The summed E-state index contributed by atoms with van der Waals surface area (Å²) in [6.07, 6.45) is 2.91. The van der Waals surface area contributed by atoms with Crippen LogP contribution in [0.25, 0.3) is 10.9 Å². The van der Waals surface area contributed by atoms with Gasteiger partial charge in [0.25, 0.3) is 0 Å². The minimum atomic E-state index is -0.156. The van der Waals surface area contributed by atoms with E-state index in [-0.39, 0.29) is 11.9 Å². The number of nitrogens with one attached hydrogen (secondary N) is 2. The number of amides is 1. The van der Waals surface area contributed by atoms with E-state index in [1.165, 1.54) is 0 Å². The van der Waals surface area contributed by atoms with Gasteiger partial charge in [-0.3, -0.25) is 4.79 Å². The quantitative estimate of drug-likeness (QED) is 0.434. The summed E-state index contributed by atoms with van der Waals surface area (Å²) < 4.78 is 10.5. The van der Waals surface area contributed by atoms with Crippen molar-refractivity contribution in [3.05, 3.63) is 95.7 Å². The van der Waals surface area contributed by atoms with Gasteiger partial charge in [0.05, 0.1) is 26.7 Å². The van der Waals surface area contributed by atoms with Crippen LogP contribution in [0.2, 0.25) is 0 Å². The number of fused-ring (bicyclic) bond motifs is 1. The summed E-state index contributed by atoms with van der Waals surface area (Å²) in [5.41, 5.74) is 4.18. The molecule has 0 saturated heterocycles. The van der Waals surface area contributed by atoms with Crippen LogP contribution in [0.1, 0.15) is 22.7 Å². The Hall–Kier alpha value is -3.73. The van der Waals surface area contributed by atoms with E-state index in [1.54, 1.807) is 14.2 Å². The van der Waals surface area contributed by atoms with Gasteiger partial charge in [-0.2, -0.15) is 0 Å². The summed E-state index contributed by atoms with van der Waals surface area (Å²) in [4.78, 5) is 16.2. The lowest BCUT2D eigenvalue weighted by atomic mass is 9.98. The summed E-state index contributed by atoms with van der Waals surface area (Å²) in [5, 5.41) is 4.30. The largest absolute Gasteiger partial charge is 0.497 e. The second-order valence-electron chi connectivity index (χ2n) is 7.48. The first kappa shape index (κ1) is 20.5. The van der Waals surface area contributed by atoms with E-state index in [0.717, 1.165) is 39.1 Å². The smallest absolute Gasteiger partial charge is 0.224 e. The third-order valence-electron chi connectivity index (χ3n) is 5.48. The molecule has 0 saturated carbocycles. The maximum Gasteiger partial charge on any atom is 0.224 e. The van der Waals surface area contributed by atoms with Gasteiger partial charge in [0.1, 0.15) is 11.5 Å². The first-order chi connectivity index (χ1) is 15.2. The van der Waals surface area contributed by atoms with Crippen molar-refractivity contribution in [2.75, 3.05) is 14.2 Å². The zero-order chi connectivity index (χ0) is 21.6. The van der Waals surface area contributed by atoms with E-state index in [2.05, 4.69) is 10.3 Å². The van der Waals surface area contributed by atoms with Crippen molar-refractivity contribution in [3.63, 3.8) is 0 Å². The second kappa shape index (κ2) is 9.39. The van der Waals surface area contributed by atoms with Crippen LogP contribution in [0.15, 0.2) is 79.0 Å². The van der Waals surface area contributed by atoms with Gasteiger partial charge in [0.15, 0.2) is 0 Å². The van der Waals surface area contributed by atoms with Crippen LogP contribution in [-0.4, -0.2) is 25.1 Å². The zero-order valence-electron chi connectivity index (χ0n) is 17.7. The van der Waals surface area contributed by atoms with Gasteiger partial charge >= 0.3 is 0 Å². The Morgan fingerprint density at radius 1 is 0.903 bits per heavy atom. The van der Waals surface area contributed by atoms with Gasteiger partial charge in [-0.1, -0.05) is 42.5 Å². The molecule has 1 unspecified atom stereocenters. The molecule has 0 bridgehead atoms. The molecule has 1 atom stereocenters. The first-order valence-electron chi connectivity index (χ1n) is 10.3. The van der Waals surface area contributed by atoms with Gasteiger partial charge in [-0.25, -0.2) is 0 Å². The monoisotopic (exact) mass is 414 g/mol. The molecule has 0 aliphatic rings. The van der Waals surface area contributed by atoms with E-state index in [0.29, 0.717) is 12.8 Å². The van der Waals surface area contributed by atoms with E-state index in [4.69, 9.17) is 9.47 Å². The van der Waals surface area contributed by atoms with Gasteiger partial charge in [0, 0.05) is 17.1 Å². The van der Waals surface area contributed by atoms with Crippen molar-refractivity contribution in [1.29, 1.82) is 0 Å². The highest BCUT2D eigenvalue weighted by atomic mass is 16.5. The maximum absolute atomic E-state index is 13.0. The van der Waals surface area contributed by atoms with E-state index in [1.807, 2.05) is 79.0 Å². The Labute approximate surface area is 182 Å². The first-order valence-corrected chi connectivity index (χ1v) is 10.3. The van der Waals surface area contributed by atoms with Crippen molar-refractivity contribution < 1.29 is 14.3 Å². The number of hydrogen-bond donors (Lipinski definition) is 2. The Bertz CT molecular complexity index is 1150. The van der Waals surface area contributed by atoms with Crippen LogP contribution in [0.4, 0.5) is 0 Å². The summed E-state index contributed by atoms with van der Waals surface area (Å²) in [7, 11) is 3.30. The molecule has 2 N–H and O–H groups in total. The number of carbonyl (C=O) groups is 1. The minimum Gasteiger partial charge on any atom is -0.497 e. The summed E-state index contributed by atoms with van der Waals surface area (Å²) in [5.74, 6) is 1.59. The number of carbonyl (C=O) groups excluding carboxylic acids is 1. The molecule has 31 heavy (non-hydrogen) atoms. The fourth-order valence-corrected chi connectivity index (χ4v) is 3.78. The van der Waals surface area contributed by atoms with Crippen LogP contribution < -0.4 is 14.8 Å². The van der Waals surface area contributed by atoms with Crippen molar-refractivity contribution in [1.82, 2.24) is 10.3 Å². The lowest BCUT2D eigenvalue weighted by Crippen LogP contribution is -2.31. The zero-order valence-corrected chi connectivity index (χ0v) is 17.7. The third kappa shape index (κ3) is 4.89. The maximum atomic E-state index is 13.0. The fraction of sp³-hybridized carbons (Fsp3) is 0.192. The molecule has 1 heterocycles. The molecule has 0 fully saturated rings. The number of methoxy groups -OCH3 is 2. The van der Waals surface area contributed by atoms with Gasteiger partial charge < -0.3 is 19.8 Å². The topological polar surface area (TPSA) is 63.3 Å². The SMILES string of the molecule is COc1ccc(CC(NC(=O)Cc2c[nH]c3ccccc23)c2ccc(OC)cc2)cc1. The van der Waals surface area contributed by atoms with Crippen molar-refractivity contribution in [3.8, 4) is 11.5 Å². The Morgan fingerprint density at radius 2 is 1.55 bits per heavy atom. The number of aromatic amines is 1. The highest BCUT2D eigenvalue weighted by Crippen LogP contribution is 2.24. The number of hydrogen-bond acceptors (Lipinski definition) is 3. The molecule has 4 rings (SSSR count). The second-order valence-corrected chi connectivity index (χ2v) is 7.48. The summed E-state index contributed by atoms with van der Waals surface area (Å²) in [6.45, 7) is 0. The molecule has 0 radical (unpaired) electrons. The van der Waals surface area contributed by atoms with Crippen LogP contribution in [0.3, 0.4) is 0 Å². The van der Waals surface area contributed by atoms with Crippen LogP contribution in [0.5, 0.6) is 11.5 Å². The van der Waals surface area contributed by atoms with Crippen molar-refractivity contribution in [2.45, 2.75) is 18.9 Å². The number of para-hydroxylation sites is 1. The average molecular weight is 415 g/mol.